The number of carbonyl (C=O) groups excluding carboxylic acids is 2. The monoisotopic (exact) mass is 379 g/mol. The van der Waals surface area contributed by atoms with Gasteiger partial charge in [0, 0.05) is 23.6 Å². The minimum absolute atomic E-state index is 0.0659. The van der Waals surface area contributed by atoms with Crippen molar-refractivity contribution in [3.05, 3.63) is 54.0 Å². The van der Waals surface area contributed by atoms with E-state index in [0.717, 1.165) is 23.0 Å². The highest BCUT2D eigenvalue weighted by molar-refractivity contribution is 5.98. The van der Waals surface area contributed by atoms with Gasteiger partial charge >= 0.3 is 0 Å². The van der Waals surface area contributed by atoms with E-state index in [4.69, 9.17) is 4.84 Å². The molecule has 1 aromatic carbocycles. The Morgan fingerprint density at radius 3 is 2.96 bits per heavy atom. The summed E-state index contributed by atoms with van der Waals surface area (Å²) in [5.41, 5.74) is 2.42. The van der Waals surface area contributed by atoms with Crippen LogP contribution in [0, 0.1) is 0 Å². The number of rotatable bonds is 3. The van der Waals surface area contributed by atoms with Gasteiger partial charge in [-0.15, -0.1) is 0 Å². The van der Waals surface area contributed by atoms with Gasteiger partial charge in [0.25, 0.3) is 5.91 Å². The van der Waals surface area contributed by atoms with Gasteiger partial charge in [0.05, 0.1) is 37.9 Å². The van der Waals surface area contributed by atoms with E-state index in [-0.39, 0.29) is 24.3 Å². The number of H-pyrrole nitrogens is 1. The number of hydrogen-bond acceptors (Lipinski definition) is 4. The molecule has 0 bridgehead atoms. The van der Waals surface area contributed by atoms with Gasteiger partial charge in [-0.2, -0.15) is 5.10 Å². The van der Waals surface area contributed by atoms with Gasteiger partial charge in [-0.05, 0) is 24.6 Å². The van der Waals surface area contributed by atoms with Gasteiger partial charge in [-0.25, -0.2) is 5.06 Å². The zero-order valence-corrected chi connectivity index (χ0v) is 15.4. The van der Waals surface area contributed by atoms with E-state index >= 15 is 0 Å². The first-order valence-corrected chi connectivity index (χ1v) is 9.52. The van der Waals surface area contributed by atoms with E-state index in [1.165, 1.54) is 5.06 Å². The molecule has 0 radical (unpaired) electrons. The van der Waals surface area contributed by atoms with Crippen molar-refractivity contribution in [1.29, 1.82) is 0 Å². The predicted octanol–water partition coefficient (Wildman–Crippen LogP) is 2.12. The van der Waals surface area contributed by atoms with Crippen LogP contribution in [-0.2, 0) is 16.2 Å². The number of aromatic amines is 1. The summed E-state index contributed by atoms with van der Waals surface area (Å²) in [5.74, 6) is -0.137. The summed E-state index contributed by atoms with van der Waals surface area (Å²) in [6, 6.07) is 11.4. The average molecular weight is 379 g/mol. The zero-order valence-electron chi connectivity index (χ0n) is 15.4. The third kappa shape index (κ3) is 2.95. The Hall–Kier alpha value is -3.13. The molecular weight excluding hydrogens is 358 g/mol. The maximum Gasteiger partial charge on any atom is 0.270 e. The number of nitrogens with zero attached hydrogens (tertiary/aromatic N) is 4. The average Bonchev–Trinajstić information content (AvgIpc) is 3.46. The van der Waals surface area contributed by atoms with Crippen LogP contribution in [0.5, 0.6) is 0 Å². The van der Waals surface area contributed by atoms with E-state index < -0.39 is 0 Å². The summed E-state index contributed by atoms with van der Waals surface area (Å²) in [4.78, 5) is 36.0. The molecule has 144 valence electrons. The molecule has 5 rings (SSSR count). The van der Waals surface area contributed by atoms with Gasteiger partial charge in [-0.3, -0.25) is 19.1 Å². The summed E-state index contributed by atoms with van der Waals surface area (Å²) in [7, 11) is 0. The number of aromatic nitrogens is 3. The first-order valence-electron chi connectivity index (χ1n) is 9.52. The van der Waals surface area contributed by atoms with Crippen molar-refractivity contribution in [3.63, 3.8) is 0 Å². The number of fused-ring (bicyclic) bond motifs is 2. The fraction of sp³-hybridized carbons (Fsp3) is 0.350. The van der Waals surface area contributed by atoms with Gasteiger partial charge < -0.3 is 9.88 Å². The smallest absolute Gasteiger partial charge is 0.270 e. The second-order valence-electron chi connectivity index (χ2n) is 7.26. The topological polar surface area (TPSA) is 83.5 Å². The van der Waals surface area contributed by atoms with Crippen molar-refractivity contribution in [3.8, 4) is 0 Å². The van der Waals surface area contributed by atoms with Crippen LogP contribution >= 0.6 is 0 Å². The second-order valence-corrected chi connectivity index (χ2v) is 7.26. The molecule has 2 amide bonds. The first-order chi connectivity index (χ1) is 13.7. The Bertz CT molecular complexity index is 1000. The van der Waals surface area contributed by atoms with E-state index in [1.807, 2.05) is 41.1 Å². The molecule has 8 heteroatoms. The summed E-state index contributed by atoms with van der Waals surface area (Å²) in [6.07, 6.45) is 2.83. The third-order valence-corrected chi connectivity index (χ3v) is 5.37. The standard InChI is InChI=1S/C20H21N5O3/c26-19(24-8-3-9-28-24)11-16-13-23(12-15-6-7-21-25(15)16)20(27)18-10-14-4-1-2-5-17(14)22-18/h1-2,4-7,10,16,22H,3,8-9,11-13H2. The Labute approximate surface area is 161 Å². The maximum atomic E-state index is 13.1. The molecule has 8 nitrogen and oxygen atoms in total. The normalized spacial score (nSPS) is 19.2. The lowest BCUT2D eigenvalue weighted by Gasteiger charge is -2.34. The van der Waals surface area contributed by atoms with Crippen LogP contribution in [0.3, 0.4) is 0 Å². The molecule has 0 spiro atoms. The maximum absolute atomic E-state index is 13.1. The van der Waals surface area contributed by atoms with Crippen LogP contribution in [0.1, 0.15) is 35.1 Å². The fourth-order valence-corrected chi connectivity index (χ4v) is 4.00. The van der Waals surface area contributed by atoms with Crippen molar-refractivity contribution < 1.29 is 14.4 Å². The summed E-state index contributed by atoms with van der Waals surface area (Å²) < 4.78 is 1.86. The van der Waals surface area contributed by atoms with Crippen molar-refractivity contribution in [2.24, 2.45) is 0 Å². The molecule has 1 unspecified atom stereocenters. The van der Waals surface area contributed by atoms with Crippen LogP contribution in [0.4, 0.5) is 0 Å². The molecule has 2 aromatic heterocycles. The fourth-order valence-electron chi connectivity index (χ4n) is 4.00. The summed E-state index contributed by atoms with van der Waals surface area (Å²) in [6.45, 7) is 2.10. The molecule has 0 aliphatic carbocycles. The van der Waals surface area contributed by atoms with Crippen LogP contribution < -0.4 is 0 Å². The SMILES string of the molecule is O=C(c1cc2ccccc2[nH]1)N1Cc2ccnn2C(CC(=O)N2CCCO2)C1. The van der Waals surface area contributed by atoms with Crippen LogP contribution in [0.15, 0.2) is 42.6 Å². The van der Waals surface area contributed by atoms with Crippen LogP contribution in [0.2, 0.25) is 0 Å². The van der Waals surface area contributed by atoms with Gasteiger partial charge in [0.15, 0.2) is 0 Å². The Morgan fingerprint density at radius 1 is 1.25 bits per heavy atom. The lowest BCUT2D eigenvalue weighted by molar-refractivity contribution is -0.169. The molecule has 4 heterocycles. The highest BCUT2D eigenvalue weighted by atomic mass is 16.7. The van der Waals surface area contributed by atoms with Gasteiger partial charge in [0.1, 0.15) is 5.69 Å². The largest absolute Gasteiger partial charge is 0.351 e. The molecule has 1 fully saturated rings. The number of benzene rings is 1. The molecule has 1 N–H and O–H groups in total. The highest BCUT2D eigenvalue weighted by Gasteiger charge is 2.32. The van der Waals surface area contributed by atoms with Crippen LogP contribution in [-0.4, -0.2) is 56.2 Å². The molecule has 3 aromatic rings. The molecule has 2 aliphatic rings. The number of nitrogens with one attached hydrogen (secondary N) is 1. The number of hydrogen-bond donors (Lipinski definition) is 1. The number of para-hydroxylation sites is 1. The molecule has 28 heavy (non-hydrogen) atoms. The molecular formula is C20H21N5O3. The van der Waals surface area contributed by atoms with Crippen molar-refractivity contribution in [1.82, 2.24) is 24.7 Å². The lowest BCUT2D eigenvalue weighted by atomic mass is 10.1. The van der Waals surface area contributed by atoms with Crippen LogP contribution in [0.25, 0.3) is 10.9 Å². The minimum atomic E-state index is -0.205. The summed E-state index contributed by atoms with van der Waals surface area (Å²) >= 11 is 0. The number of carbonyl (C=O) groups is 2. The van der Waals surface area contributed by atoms with Crippen molar-refractivity contribution >= 4 is 22.7 Å². The van der Waals surface area contributed by atoms with Crippen molar-refractivity contribution in [2.75, 3.05) is 19.7 Å². The van der Waals surface area contributed by atoms with Gasteiger partial charge in [0.2, 0.25) is 5.91 Å². The third-order valence-electron chi connectivity index (χ3n) is 5.37. The molecule has 1 saturated heterocycles. The molecule has 0 saturated carbocycles. The molecule has 2 aliphatic heterocycles. The Morgan fingerprint density at radius 2 is 2.14 bits per heavy atom. The second kappa shape index (κ2) is 6.79. The van der Waals surface area contributed by atoms with Gasteiger partial charge in [-0.1, -0.05) is 18.2 Å². The number of hydroxylamine groups is 2. The van der Waals surface area contributed by atoms with Crippen molar-refractivity contribution in [2.45, 2.75) is 25.4 Å². The Balaban J connectivity index is 1.38. The first kappa shape index (κ1) is 17.0. The predicted molar refractivity (Wildman–Crippen MR) is 101 cm³/mol. The zero-order chi connectivity index (χ0) is 19.1. The number of amides is 2. The van der Waals surface area contributed by atoms with E-state index in [9.17, 15) is 9.59 Å². The summed E-state index contributed by atoms with van der Waals surface area (Å²) in [5, 5.41) is 6.82. The van der Waals surface area contributed by atoms with E-state index in [1.54, 1.807) is 11.1 Å². The molecule has 1 atom stereocenters. The highest BCUT2D eigenvalue weighted by Crippen LogP contribution is 2.26. The van der Waals surface area contributed by atoms with E-state index in [0.29, 0.717) is 31.9 Å². The Kier molecular flexibility index (Phi) is 4.12. The van der Waals surface area contributed by atoms with E-state index in [2.05, 4.69) is 10.1 Å². The lowest BCUT2D eigenvalue weighted by Crippen LogP contribution is -2.43. The quantitative estimate of drug-likeness (QED) is 0.756. The minimum Gasteiger partial charge on any atom is -0.351 e.